The van der Waals surface area contributed by atoms with E-state index in [1.807, 2.05) is 30.3 Å². The van der Waals surface area contributed by atoms with Crippen LogP contribution in [-0.2, 0) is 0 Å². The van der Waals surface area contributed by atoms with Crippen molar-refractivity contribution in [2.75, 3.05) is 6.61 Å². The van der Waals surface area contributed by atoms with Gasteiger partial charge in [0.1, 0.15) is 18.1 Å². The van der Waals surface area contributed by atoms with Crippen LogP contribution in [0.15, 0.2) is 67.1 Å². The molecule has 3 aromatic heterocycles. The fourth-order valence-electron chi connectivity index (χ4n) is 5.86. The second-order valence-corrected chi connectivity index (χ2v) is 11.9. The summed E-state index contributed by atoms with van der Waals surface area (Å²) in [6, 6.07) is 14.7. The molecule has 2 aliphatic rings. The van der Waals surface area contributed by atoms with Crippen molar-refractivity contribution in [1.82, 2.24) is 19.9 Å². The molecule has 2 saturated carbocycles. The number of nitrogens with zero attached hydrogens (tertiary/aromatic N) is 3. The molecule has 41 heavy (non-hydrogen) atoms. The molecule has 0 atom stereocenters. The molecule has 4 aromatic rings. The minimum atomic E-state index is -0.950. The van der Waals surface area contributed by atoms with Crippen LogP contribution in [0.4, 0.5) is 0 Å². The zero-order chi connectivity index (χ0) is 28.8. The number of amides is 2. The molecule has 3 heterocycles. The average molecular weight is 556 g/mol. The SMILES string of the molecule is CC(C)(O)COc1ccc2c(C(=O)NC3CC4(C3)CC(Oc3cc(-c5ccccn5)ccc3C(N)=O)C4)cnn2c1. The number of primary amides is 1. The van der Waals surface area contributed by atoms with Crippen molar-refractivity contribution in [3.05, 3.63) is 78.2 Å². The number of ether oxygens (including phenoxy) is 2. The first kappa shape index (κ1) is 26.8. The summed E-state index contributed by atoms with van der Waals surface area (Å²) in [7, 11) is 0. The highest BCUT2D eigenvalue weighted by atomic mass is 16.5. The minimum absolute atomic E-state index is 0.0174. The Hall–Kier alpha value is -4.44. The Morgan fingerprint density at radius 1 is 1.12 bits per heavy atom. The molecule has 1 aromatic carbocycles. The monoisotopic (exact) mass is 555 g/mol. The minimum Gasteiger partial charge on any atom is -0.490 e. The molecule has 212 valence electrons. The van der Waals surface area contributed by atoms with Crippen LogP contribution in [0, 0.1) is 5.41 Å². The summed E-state index contributed by atoms with van der Waals surface area (Å²) in [5, 5.41) is 17.3. The van der Waals surface area contributed by atoms with E-state index in [0.717, 1.165) is 36.9 Å². The fraction of sp³-hybridized carbons (Fsp3) is 0.355. The number of carbonyl (C=O) groups excluding carboxylic acids is 2. The molecule has 10 nitrogen and oxygen atoms in total. The lowest BCUT2D eigenvalue weighted by Crippen LogP contribution is -2.58. The Labute approximate surface area is 237 Å². The summed E-state index contributed by atoms with van der Waals surface area (Å²) < 4.78 is 13.5. The largest absolute Gasteiger partial charge is 0.490 e. The van der Waals surface area contributed by atoms with E-state index in [-0.39, 0.29) is 30.1 Å². The van der Waals surface area contributed by atoms with Gasteiger partial charge in [-0.1, -0.05) is 12.1 Å². The van der Waals surface area contributed by atoms with Crippen LogP contribution in [0.1, 0.15) is 60.2 Å². The van der Waals surface area contributed by atoms with Gasteiger partial charge in [0, 0.05) is 17.8 Å². The molecule has 10 heteroatoms. The van der Waals surface area contributed by atoms with Crippen molar-refractivity contribution in [1.29, 1.82) is 0 Å². The highest BCUT2D eigenvalue weighted by Gasteiger charge is 2.54. The quantitative estimate of drug-likeness (QED) is 0.286. The molecule has 0 unspecified atom stereocenters. The van der Waals surface area contributed by atoms with Crippen molar-refractivity contribution >= 4 is 17.3 Å². The lowest BCUT2D eigenvalue weighted by atomic mass is 9.53. The third kappa shape index (κ3) is 5.60. The van der Waals surface area contributed by atoms with Gasteiger partial charge in [-0.05, 0) is 81.3 Å². The second kappa shape index (κ2) is 10.2. The van der Waals surface area contributed by atoms with Crippen LogP contribution >= 0.6 is 0 Å². The first-order chi connectivity index (χ1) is 19.6. The van der Waals surface area contributed by atoms with Crippen LogP contribution in [0.25, 0.3) is 16.8 Å². The molecule has 2 amide bonds. The predicted octanol–water partition coefficient (Wildman–Crippen LogP) is 3.76. The highest BCUT2D eigenvalue weighted by molar-refractivity contribution is 6.00. The number of pyridine rings is 2. The third-order valence-electron chi connectivity index (χ3n) is 7.84. The van der Waals surface area contributed by atoms with E-state index < -0.39 is 11.5 Å². The van der Waals surface area contributed by atoms with Crippen molar-refractivity contribution < 1.29 is 24.2 Å². The number of hydrogen-bond acceptors (Lipinski definition) is 7. The first-order valence-corrected chi connectivity index (χ1v) is 13.7. The van der Waals surface area contributed by atoms with Crippen LogP contribution in [-0.4, -0.2) is 55.9 Å². The number of rotatable bonds is 9. The fourth-order valence-corrected chi connectivity index (χ4v) is 5.86. The van der Waals surface area contributed by atoms with Crippen LogP contribution in [0.3, 0.4) is 0 Å². The number of benzene rings is 1. The van der Waals surface area contributed by atoms with Crippen molar-refractivity contribution in [3.63, 3.8) is 0 Å². The van der Waals surface area contributed by atoms with Gasteiger partial charge in [0.05, 0.1) is 46.4 Å². The van der Waals surface area contributed by atoms with E-state index in [2.05, 4.69) is 15.4 Å². The molecule has 0 radical (unpaired) electrons. The zero-order valence-corrected chi connectivity index (χ0v) is 23.0. The molecule has 6 rings (SSSR count). The van der Waals surface area contributed by atoms with Crippen molar-refractivity contribution in [2.45, 2.75) is 57.3 Å². The molecular formula is C31H33N5O5. The molecule has 0 bridgehead atoms. The Morgan fingerprint density at radius 3 is 2.63 bits per heavy atom. The van der Waals surface area contributed by atoms with Crippen LogP contribution < -0.4 is 20.5 Å². The van der Waals surface area contributed by atoms with Gasteiger partial charge in [0.25, 0.3) is 11.8 Å². The Bertz CT molecular complexity index is 1600. The van der Waals surface area contributed by atoms with Gasteiger partial charge in [-0.3, -0.25) is 14.6 Å². The van der Waals surface area contributed by atoms with Gasteiger partial charge in [-0.25, -0.2) is 4.52 Å². The zero-order valence-electron chi connectivity index (χ0n) is 23.0. The maximum Gasteiger partial charge on any atom is 0.255 e. The number of aliphatic hydroxyl groups is 1. The Morgan fingerprint density at radius 2 is 1.93 bits per heavy atom. The van der Waals surface area contributed by atoms with Crippen LogP contribution in [0.5, 0.6) is 11.5 Å². The summed E-state index contributed by atoms with van der Waals surface area (Å²) in [5.41, 5.74) is 7.99. The Kier molecular flexibility index (Phi) is 6.65. The average Bonchev–Trinajstić information content (AvgIpc) is 3.33. The summed E-state index contributed by atoms with van der Waals surface area (Å²) in [5.74, 6) is 0.350. The van der Waals surface area contributed by atoms with Crippen molar-refractivity contribution in [3.8, 4) is 22.8 Å². The number of hydrogen-bond donors (Lipinski definition) is 3. The van der Waals surface area contributed by atoms with E-state index in [1.54, 1.807) is 55.2 Å². The third-order valence-corrected chi connectivity index (χ3v) is 7.84. The van der Waals surface area contributed by atoms with Gasteiger partial charge in [0.15, 0.2) is 0 Å². The topological polar surface area (TPSA) is 141 Å². The number of carbonyl (C=O) groups is 2. The summed E-state index contributed by atoms with van der Waals surface area (Å²) >= 11 is 0. The smallest absolute Gasteiger partial charge is 0.255 e. The summed E-state index contributed by atoms with van der Waals surface area (Å²) in [4.78, 5) is 29.4. The molecule has 1 spiro atoms. The molecule has 4 N–H and O–H groups in total. The van der Waals surface area contributed by atoms with E-state index in [0.29, 0.717) is 28.1 Å². The van der Waals surface area contributed by atoms with Gasteiger partial charge >= 0.3 is 0 Å². The van der Waals surface area contributed by atoms with Gasteiger partial charge in [-0.2, -0.15) is 5.10 Å². The summed E-state index contributed by atoms with van der Waals surface area (Å²) in [6.07, 6.45) is 8.43. The highest BCUT2D eigenvalue weighted by Crippen LogP contribution is 2.57. The number of fused-ring (bicyclic) bond motifs is 1. The van der Waals surface area contributed by atoms with Crippen molar-refractivity contribution in [2.24, 2.45) is 11.1 Å². The number of aromatic nitrogens is 3. The normalized spacial score (nSPS) is 21.6. The van der Waals surface area contributed by atoms with Crippen LogP contribution in [0.2, 0.25) is 0 Å². The van der Waals surface area contributed by atoms with E-state index in [4.69, 9.17) is 15.2 Å². The first-order valence-electron chi connectivity index (χ1n) is 13.7. The lowest BCUT2D eigenvalue weighted by molar-refractivity contribution is -0.0834. The molecular weight excluding hydrogens is 522 g/mol. The van der Waals surface area contributed by atoms with Gasteiger partial charge in [-0.15, -0.1) is 0 Å². The maximum atomic E-state index is 13.0. The molecule has 0 saturated heterocycles. The van der Waals surface area contributed by atoms with E-state index >= 15 is 0 Å². The number of nitrogens with two attached hydrogens (primary N) is 1. The van der Waals surface area contributed by atoms with Gasteiger partial charge < -0.3 is 25.6 Å². The summed E-state index contributed by atoms with van der Waals surface area (Å²) in [6.45, 7) is 3.49. The molecule has 2 fully saturated rings. The predicted molar refractivity (Wildman–Crippen MR) is 152 cm³/mol. The van der Waals surface area contributed by atoms with Gasteiger partial charge in [0.2, 0.25) is 0 Å². The number of nitrogens with one attached hydrogen (secondary N) is 1. The van der Waals surface area contributed by atoms with E-state index in [9.17, 15) is 14.7 Å². The molecule has 2 aliphatic carbocycles. The molecule has 0 aliphatic heterocycles. The Balaban J connectivity index is 1.03. The standard InChI is InChI=1S/C31H33N5O5/c1-30(2,39)18-40-21-7-9-26-24(16-34-36(26)17-21)29(38)35-20-12-31(13-20)14-22(15-31)41-27-11-19(6-8-23(27)28(32)37)25-5-3-4-10-33-25/h3-11,16-17,20,22,39H,12-15,18H2,1-2H3,(H2,32,37)(H,35,38). The lowest BCUT2D eigenvalue weighted by Gasteiger charge is -2.57. The maximum absolute atomic E-state index is 13.0. The van der Waals surface area contributed by atoms with E-state index in [1.165, 1.54) is 0 Å². The second-order valence-electron chi connectivity index (χ2n) is 11.9.